The molecule has 2 N–H and O–H groups in total. The third-order valence-corrected chi connectivity index (χ3v) is 7.83. The zero-order valence-corrected chi connectivity index (χ0v) is 21.5. The van der Waals surface area contributed by atoms with Gasteiger partial charge in [-0.25, -0.2) is 4.98 Å². The number of aliphatic carboxylic acids is 1. The highest BCUT2D eigenvalue weighted by Crippen LogP contribution is 2.49. The van der Waals surface area contributed by atoms with Crippen molar-refractivity contribution in [1.82, 2.24) is 10.1 Å². The lowest BCUT2D eigenvalue weighted by molar-refractivity contribution is -0.140. The van der Waals surface area contributed by atoms with Crippen molar-refractivity contribution in [1.29, 1.82) is 0 Å². The van der Waals surface area contributed by atoms with Crippen molar-refractivity contribution in [3.05, 3.63) is 108 Å². The first-order chi connectivity index (χ1) is 18.5. The maximum absolute atomic E-state index is 11.7. The lowest BCUT2D eigenvalue weighted by Crippen LogP contribution is -2.19. The molecule has 5 aromatic rings. The summed E-state index contributed by atoms with van der Waals surface area (Å²) in [5.74, 6) is 0.566. The zero-order chi connectivity index (χ0) is 26.1. The highest BCUT2D eigenvalue weighted by atomic mass is 32.2. The van der Waals surface area contributed by atoms with Crippen LogP contribution in [0.1, 0.15) is 24.1 Å². The van der Waals surface area contributed by atoms with Crippen molar-refractivity contribution >= 4 is 29.2 Å². The molecule has 1 fully saturated rings. The van der Waals surface area contributed by atoms with E-state index in [0.29, 0.717) is 24.4 Å². The van der Waals surface area contributed by atoms with Gasteiger partial charge in [-0.2, -0.15) is 0 Å². The van der Waals surface area contributed by atoms with E-state index < -0.39 is 11.4 Å². The van der Waals surface area contributed by atoms with E-state index in [2.05, 4.69) is 22.6 Å². The molecule has 0 atom stereocenters. The molecule has 0 spiro atoms. The van der Waals surface area contributed by atoms with Gasteiger partial charge in [-0.1, -0.05) is 89.7 Å². The Morgan fingerprint density at radius 3 is 2.32 bits per heavy atom. The van der Waals surface area contributed by atoms with Crippen molar-refractivity contribution in [3.63, 3.8) is 0 Å². The lowest BCUT2D eigenvalue weighted by Gasteiger charge is -2.13. The largest absolute Gasteiger partial charge is 0.481 e. The van der Waals surface area contributed by atoms with E-state index in [0.717, 1.165) is 43.6 Å². The summed E-state index contributed by atoms with van der Waals surface area (Å²) in [5.41, 5.74) is 4.44. The molecule has 1 aliphatic rings. The van der Waals surface area contributed by atoms with E-state index in [1.165, 1.54) is 0 Å². The number of nitrogens with zero attached hydrogens (tertiary/aromatic N) is 2. The van der Waals surface area contributed by atoms with Crippen LogP contribution < -0.4 is 5.32 Å². The summed E-state index contributed by atoms with van der Waals surface area (Å²) in [6, 6.07) is 31.8. The summed E-state index contributed by atoms with van der Waals surface area (Å²) in [6.07, 6.45) is 1.37. The number of benzene rings is 3. The van der Waals surface area contributed by atoms with E-state index >= 15 is 0 Å². The molecule has 3 aromatic carbocycles. The summed E-state index contributed by atoms with van der Waals surface area (Å²) in [7, 11) is 0. The summed E-state index contributed by atoms with van der Waals surface area (Å²) >= 11 is 1.60. The van der Waals surface area contributed by atoms with Crippen LogP contribution in [0.2, 0.25) is 0 Å². The van der Waals surface area contributed by atoms with Crippen molar-refractivity contribution in [3.8, 4) is 22.5 Å². The maximum atomic E-state index is 11.7. The number of carboxylic acid groups (broad SMARTS) is 1. The number of nitrogens with one attached hydrogen (secondary N) is 1. The molecule has 0 unspecified atom stereocenters. The Morgan fingerprint density at radius 1 is 0.895 bits per heavy atom. The normalized spacial score (nSPS) is 13.7. The lowest BCUT2D eigenvalue weighted by atomic mass is 9.92. The predicted molar refractivity (Wildman–Crippen MR) is 149 cm³/mol. The molecule has 2 heterocycles. The van der Waals surface area contributed by atoms with Crippen molar-refractivity contribution < 1.29 is 14.4 Å². The number of pyridine rings is 1. The fourth-order valence-corrected chi connectivity index (χ4v) is 5.46. The molecule has 38 heavy (non-hydrogen) atoms. The van der Waals surface area contributed by atoms with Crippen LogP contribution in [0.25, 0.3) is 22.5 Å². The smallest absolute Gasteiger partial charge is 0.314 e. The monoisotopic (exact) mass is 519 g/mol. The van der Waals surface area contributed by atoms with Gasteiger partial charge >= 0.3 is 5.97 Å². The molecule has 0 radical (unpaired) electrons. The second-order valence-electron chi connectivity index (χ2n) is 9.38. The van der Waals surface area contributed by atoms with Gasteiger partial charge in [0.2, 0.25) is 0 Å². The molecule has 2 aromatic heterocycles. The molecule has 1 aliphatic carbocycles. The molecule has 7 heteroatoms. The van der Waals surface area contributed by atoms with Gasteiger partial charge in [0.25, 0.3) is 0 Å². The van der Waals surface area contributed by atoms with Gasteiger partial charge in [0.05, 0.1) is 5.41 Å². The molecule has 0 aliphatic heterocycles. The Labute approximate surface area is 224 Å². The Balaban J connectivity index is 1.31. The molecule has 6 nitrogen and oxygen atoms in total. The molecular formula is C31H25N3O3S. The number of aryl methyl sites for hydroxylation is 1. The summed E-state index contributed by atoms with van der Waals surface area (Å²) < 4.78 is 5.84. The average Bonchev–Trinajstić information content (AvgIpc) is 3.69. The van der Waals surface area contributed by atoms with Crippen molar-refractivity contribution in [2.24, 2.45) is 0 Å². The Morgan fingerprint density at radius 2 is 1.61 bits per heavy atom. The second kappa shape index (κ2) is 9.84. The number of anilines is 2. The molecule has 188 valence electrons. The van der Waals surface area contributed by atoms with Gasteiger partial charge < -0.3 is 14.9 Å². The first-order valence-electron chi connectivity index (χ1n) is 12.4. The van der Waals surface area contributed by atoms with Gasteiger partial charge in [-0.3, -0.25) is 4.79 Å². The Kier molecular flexibility index (Phi) is 6.21. The number of carboxylic acids is 1. The third-order valence-electron chi connectivity index (χ3n) is 6.88. The van der Waals surface area contributed by atoms with Crippen LogP contribution in [0.3, 0.4) is 0 Å². The maximum Gasteiger partial charge on any atom is 0.314 e. The number of carbonyl (C=O) groups is 1. The van der Waals surface area contributed by atoms with E-state index in [4.69, 9.17) is 9.51 Å². The minimum atomic E-state index is -0.752. The van der Waals surface area contributed by atoms with Gasteiger partial charge in [-0.05, 0) is 60.7 Å². The number of hydrogen-bond acceptors (Lipinski definition) is 6. The van der Waals surface area contributed by atoms with Crippen LogP contribution in [0.5, 0.6) is 0 Å². The Hall–Kier alpha value is -4.36. The van der Waals surface area contributed by atoms with E-state index in [9.17, 15) is 9.90 Å². The molecule has 0 bridgehead atoms. The summed E-state index contributed by atoms with van der Waals surface area (Å²) in [5, 5.41) is 18.2. The van der Waals surface area contributed by atoms with Gasteiger partial charge in [-0.15, -0.1) is 0 Å². The molecule has 1 saturated carbocycles. The highest BCUT2D eigenvalue weighted by molar-refractivity contribution is 7.99. The first kappa shape index (κ1) is 24.0. The fraction of sp³-hybridized carbons (Fsp3) is 0.129. The summed E-state index contributed by atoms with van der Waals surface area (Å²) in [6.45, 7) is 1.90. The standard InChI is InChI=1S/C31H25N3O3S/c1-20-28(33-26-12-7-13-27(32-26)38-23-8-3-2-4-9-23)29(37-34-20)25-11-6-5-10-24(25)21-14-16-22(17-15-21)31(18-19-31)30(35)36/h2-17H,18-19H2,1H3,(H,32,33)(H,35,36). The summed E-state index contributed by atoms with van der Waals surface area (Å²) in [4.78, 5) is 17.7. The van der Waals surface area contributed by atoms with Crippen LogP contribution in [0, 0.1) is 6.92 Å². The molecule has 6 rings (SSSR count). The zero-order valence-electron chi connectivity index (χ0n) is 20.7. The second-order valence-corrected chi connectivity index (χ2v) is 10.5. The highest BCUT2D eigenvalue weighted by Gasteiger charge is 2.51. The fourth-order valence-electron chi connectivity index (χ4n) is 4.63. The third kappa shape index (κ3) is 4.57. The van der Waals surface area contributed by atoms with Gasteiger partial charge in [0, 0.05) is 10.5 Å². The van der Waals surface area contributed by atoms with E-state index in [1.807, 2.05) is 91.9 Å². The molecule has 0 saturated heterocycles. The van der Waals surface area contributed by atoms with Crippen molar-refractivity contribution in [2.45, 2.75) is 35.1 Å². The molecular weight excluding hydrogens is 494 g/mol. The minimum Gasteiger partial charge on any atom is -0.481 e. The van der Waals surface area contributed by atoms with Crippen LogP contribution in [0.4, 0.5) is 11.5 Å². The minimum absolute atomic E-state index is 0.620. The van der Waals surface area contributed by atoms with Gasteiger partial charge in [0.15, 0.2) is 5.76 Å². The SMILES string of the molecule is Cc1noc(-c2ccccc2-c2ccc(C3(C(=O)O)CC3)cc2)c1Nc1cccc(Sc2ccccc2)n1. The van der Waals surface area contributed by atoms with Crippen molar-refractivity contribution in [2.75, 3.05) is 5.32 Å². The Bertz CT molecular complexity index is 1610. The van der Waals surface area contributed by atoms with Gasteiger partial charge in [0.1, 0.15) is 22.2 Å². The van der Waals surface area contributed by atoms with Crippen LogP contribution in [-0.4, -0.2) is 21.2 Å². The van der Waals surface area contributed by atoms with E-state index in [-0.39, 0.29) is 0 Å². The van der Waals surface area contributed by atoms with E-state index in [1.54, 1.807) is 11.8 Å². The molecule has 0 amide bonds. The number of rotatable bonds is 8. The predicted octanol–water partition coefficient (Wildman–Crippen LogP) is 7.72. The number of aromatic nitrogens is 2. The average molecular weight is 520 g/mol. The van der Waals surface area contributed by atoms with Crippen LogP contribution >= 0.6 is 11.8 Å². The number of hydrogen-bond donors (Lipinski definition) is 2. The topological polar surface area (TPSA) is 88.2 Å². The first-order valence-corrected chi connectivity index (χ1v) is 13.2. The van der Waals surface area contributed by atoms with Crippen LogP contribution in [0.15, 0.2) is 112 Å². The van der Waals surface area contributed by atoms with Crippen LogP contribution in [-0.2, 0) is 10.2 Å². The quantitative estimate of drug-likeness (QED) is 0.217.